The molecule has 0 radical (unpaired) electrons. The fourth-order valence-corrected chi connectivity index (χ4v) is 1.94. The Labute approximate surface area is 93.3 Å². The average Bonchev–Trinajstić information content (AvgIpc) is 2.09. The van der Waals surface area contributed by atoms with Gasteiger partial charge in [0.1, 0.15) is 0 Å². The molecule has 0 aliphatic carbocycles. The van der Waals surface area contributed by atoms with Crippen LogP contribution in [0.3, 0.4) is 0 Å². The van der Waals surface area contributed by atoms with E-state index >= 15 is 0 Å². The van der Waals surface area contributed by atoms with Gasteiger partial charge in [-0.2, -0.15) is 0 Å². The summed E-state index contributed by atoms with van der Waals surface area (Å²) in [5.74, 6) is 5.49. The van der Waals surface area contributed by atoms with Crippen molar-refractivity contribution in [2.45, 2.75) is 19.9 Å². The summed E-state index contributed by atoms with van der Waals surface area (Å²) in [5.41, 5.74) is 6.14. The van der Waals surface area contributed by atoms with Crippen LogP contribution in [0.25, 0.3) is 0 Å². The normalized spacial score (nSPS) is 12.6. The number of rotatable bonds is 3. The van der Waals surface area contributed by atoms with E-state index in [2.05, 4.69) is 47.0 Å². The molecular formula is C11H15BrN2. The molecular weight excluding hydrogens is 240 g/mol. The zero-order chi connectivity index (χ0) is 10.7. The maximum atomic E-state index is 5.49. The lowest BCUT2D eigenvalue weighted by molar-refractivity contribution is 0.624. The van der Waals surface area contributed by atoms with E-state index in [1.54, 1.807) is 0 Å². The molecule has 14 heavy (non-hydrogen) atoms. The maximum absolute atomic E-state index is 5.49. The first-order valence-corrected chi connectivity index (χ1v) is 5.23. The number of aryl methyl sites for hydroxylation is 1. The lowest BCUT2D eigenvalue weighted by atomic mass is 9.97. The highest BCUT2D eigenvalue weighted by atomic mass is 79.9. The molecule has 1 atom stereocenters. The molecule has 0 amide bonds. The Morgan fingerprint density at radius 2 is 2.21 bits per heavy atom. The third-order valence-electron chi connectivity index (χ3n) is 2.20. The molecule has 3 heteroatoms. The second kappa shape index (κ2) is 4.73. The van der Waals surface area contributed by atoms with Crippen molar-refractivity contribution in [3.05, 3.63) is 46.0 Å². The van der Waals surface area contributed by atoms with Crippen LogP contribution in [0.5, 0.6) is 0 Å². The molecule has 0 aliphatic heterocycles. The van der Waals surface area contributed by atoms with Gasteiger partial charge in [0.15, 0.2) is 0 Å². The number of nitrogens with one attached hydrogen (secondary N) is 1. The predicted octanol–water partition coefficient (Wildman–Crippen LogP) is 2.84. The summed E-state index contributed by atoms with van der Waals surface area (Å²) < 4.78 is 1.08. The third-order valence-corrected chi connectivity index (χ3v) is 2.70. The van der Waals surface area contributed by atoms with Gasteiger partial charge < -0.3 is 0 Å². The van der Waals surface area contributed by atoms with E-state index in [4.69, 9.17) is 5.84 Å². The van der Waals surface area contributed by atoms with Crippen molar-refractivity contribution in [1.82, 2.24) is 5.43 Å². The Morgan fingerprint density at radius 3 is 2.64 bits per heavy atom. The van der Waals surface area contributed by atoms with E-state index in [0.29, 0.717) is 0 Å². The summed E-state index contributed by atoms with van der Waals surface area (Å²) in [6.45, 7) is 7.94. The molecule has 0 heterocycles. The molecule has 1 aromatic rings. The van der Waals surface area contributed by atoms with Crippen molar-refractivity contribution in [2.75, 3.05) is 0 Å². The van der Waals surface area contributed by atoms with Crippen LogP contribution >= 0.6 is 15.9 Å². The number of nitrogens with two attached hydrogens (primary N) is 1. The Hall–Kier alpha value is -0.640. The van der Waals surface area contributed by atoms with Crippen molar-refractivity contribution in [3.8, 4) is 0 Å². The first-order valence-electron chi connectivity index (χ1n) is 4.44. The van der Waals surface area contributed by atoms with Gasteiger partial charge in [0.25, 0.3) is 0 Å². The Kier molecular flexibility index (Phi) is 3.86. The molecule has 0 aliphatic rings. The highest BCUT2D eigenvalue weighted by Gasteiger charge is 2.12. The minimum absolute atomic E-state index is 0.0306. The van der Waals surface area contributed by atoms with Gasteiger partial charge in [-0.1, -0.05) is 34.1 Å². The zero-order valence-electron chi connectivity index (χ0n) is 8.47. The molecule has 2 nitrogen and oxygen atoms in total. The standard InChI is InChI=1S/C11H15BrN2/c1-7(2)11(14-13)10-5-4-9(12)6-8(10)3/h4-6,11,14H,1,13H2,2-3H3. The first-order chi connectivity index (χ1) is 6.56. The third kappa shape index (κ3) is 2.44. The highest BCUT2D eigenvalue weighted by molar-refractivity contribution is 9.10. The van der Waals surface area contributed by atoms with E-state index in [9.17, 15) is 0 Å². The average molecular weight is 255 g/mol. The fraction of sp³-hybridized carbons (Fsp3) is 0.273. The van der Waals surface area contributed by atoms with E-state index < -0.39 is 0 Å². The number of hydrogen-bond donors (Lipinski definition) is 2. The van der Waals surface area contributed by atoms with E-state index in [0.717, 1.165) is 10.0 Å². The van der Waals surface area contributed by atoms with Gasteiger partial charge in [0.2, 0.25) is 0 Å². The number of hydrogen-bond acceptors (Lipinski definition) is 2. The molecule has 0 saturated carbocycles. The van der Waals surface area contributed by atoms with Crippen molar-refractivity contribution in [3.63, 3.8) is 0 Å². The van der Waals surface area contributed by atoms with Crippen LogP contribution in [0, 0.1) is 6.92 Å². The minimum Gasteiger partial charge on any atom is -0.271 e. The number of halogens is 1. The largest absolute Gasteiger partial charge is 0.271 e. The van der Waals surface area contributed by atoms with Crippen molar-refractivity contribution in [1.29, 1.82) is 0 Å². The van der Waals surface area contributed by atoms with Crippen LogP contribution < -0.4 is 11.3 Å². The summed E-state index contributed by atoms with van der Waals surface area (Å²) in [4.78, 5) is 0. The van der Waals surface area contributed by atoms with E-state index in [1.807, 2.05) is 13.0 Å². The van der Waals surface area contributed by atoms with E-state index in [1.165, 1.54) is 11.1 Å². The van der Waals surface area contributed by atoms with Gasteiger partial charge in [-0.15, -0.1) is 0 Å². The quantitative estimate of drug-likeness (QED) is 0.495. The molecule has 0 saturated heterocycles. The molecule has 1 unspecified atom stereocenters. The fourth-order valence-electron chi connectivity index (χ4n) is 1.46. The van der Waals surface area contributed by atoms with Crippen molar-refractivity contribution in [2.24, 2.45) is 5.84 Å². The van der Waals surface area contributed by atoms with Gasteiger partial charge in [-0.3, -0.25) is 5.84 Å². The molecule has 0 aromatic heterocycles. The summed E-state index contributed by atoms with van der Waals surface area (Å²) in [7, 11) is 0. The Morgan fingerprint density at radius 1 is 1.57 bits per heavy atom. The van der Waals surface area contributed by atoms with Gasteiger partial charge in [0, 0.05) is 4.47 Å². The van der Waals surface area contributed by atoms with Crippen molar-refractivity contribution < 1.29 is 0 Å². The smallest absolute Gasteiger partial charge is 0.0667 e. The van der Waals surface area contributed by atoms with Crippen LogP contribution in [0.15, 0.2) is 34.8 Å². The lowest BCUT2D eigenvalue weighted by Crippen LogP contribution is -2.29. The molecule has 0 spiro atoms. The molecule has 0 fully saturated rings. The van der Waals surface area contributed by atoms with Gasteiger partial charge in [0.05, 0.1) is 6.04 Å². The highest BCUT2D eigenvalue weighted by Crippen LogP contribution is 2.25. The summed E-state index contributed by atoms with van der Waals surface area (Å²) in [5, 5.41) is 0. The predicted molar refractivity (Wildman–Crippen MR) is 63.8 cm³/mol. The molecule has 1 aromatic carbocycles. The monoisotopic (exact) mass is 254 g/mol. The second-order valence-electron chi connectivity index (χ2n) is 3.45. The molecule has 0 bridgehead atoms. The molecule has 1 rings (SSSR count). The molecule has 76 valence electrons. The van der Waals surface area contributed by atoms with Gasteiger partial charge >= 0.3 is 0 Å². The second-order valence-corrected chi connectivity index (χ2v) is 4.36. The molecule has 3 N–H and O–H groups in total. The zero-order valence-corrected chi connectivity index (χ0v) is 10.1. The summed E-state index contributed by atoms with van der Waals surface area (Å²) in [6.07, 6.45) is 0. The lowest BCUT2D eigenvalue weighted by Gasteiger charge is -2.18. The van der Waals surface area contributed by atoms with Crippen LogP contribution in [0.1, 0.15) is 24.1 Å². The van der Waals surface area contributed by atoms with Crippen LogP contribution in [-0.2, 0) is 0 Å². The van der Waals surface area contributed by atoms with Crippen LogP contribution in [0.4, 0.5) is 0 Å². The van der Waals surface area contributed by atoms with Crippen LogP contribution in [0.2, 0.25) is 0 Å². The Balaban J connectivity index is 3.10. The van der Waals surface area contributed by atoms with Crippen molar-refractivity contribution >= 4 is 15.9 Å². The first kappa shape index (κ1) is 11.4. The topological polar surface area (TPSA) is 38.0 Å². The van der Waals surface area contributed by atoms with Gasteiger partial charge in [-0.05, 0) is 37.1 Å². The van der Waals surface area contributed by atoms with Crippen LogP contribution in [-0.4, -0.2) is 0 Å². The van der Waals surface area contributed by atoms with Gasteiger partial charge in [-0.25, -0.2) is 5.43 Å². The summed E-state index contributed by atoms with van der Waals surface area (Å²) >= 11 is 3.43. The minimum atomic E-state index is 0.0306. The Bertz CT molecular complexity index is 347. The number of hydrazine groups is 1. The van der Waals surface area contributed by atoms with E-state index in [-0.39, 0.29) is 6.04 Å². The maximum Gasteiger partial charge on any atom is 0.0667 e. The SMILES string of the molecule is C=C(C)C(NN)c1ccc(Br)cc1C. The number of benzene rings is 1. The summed E-state index contributed by atoms with van der Waals surface area (Å²) in [6, 6.07) is 6.17.